The van der Waals surface area contributed by atoms with E-state index in [4.69, 9.17) is 4.42 Å². The van der Waals surface area contributed by atoms with E-state index in [0.29, 0.717) is 12.5 Å². The zero-order valence-corrected chi connectivity index (χ0v) is 10.6. The predicted octanol–water partition coefficient (Wildman–Crippen LogP) is 2.88. The largest absolute Gasteiger partial charge is 0.472 e. The number of furan rings is 1. The Bertz CT molecular complexity index is 679. The molecule has 0 unspecified atom stereocenters. The van der Waals surface area contributed by atoms with Crippen LogP contribution in [0.2, 0.25) is 0 Å². The van der Waals surface area contributed by atoms with Gasteiger partial charge in [-0.05, 0) is 18.2 Å². The summed E-state index contributed by atoms with van der Waals surface area (Å²) in [5.41, 5.74) is 1.99. The van der Waals surface area contributed by atoms with E-state index in [1.165, 1.54) is 0 Å². The van der Waals surface area contributed by atoms with Gasteiger partial charge in [-0.3, -0.25) is 0 Å². The number of hydrogen-bond acceptors (Lipinski definition) is 5. The minimum absolute atomic E-state index is 0.605. The zero-order valence-electron chi connectivity index (χ0n) is 10.6. The van der Waals surface area contributed by atoms with E-state index in [9.17, 15) is 0 Å². The molecule has 2 aromatic heterocycles. The molecule has 0 atom stereocenters. The van der Waals surface area contributed by atoms with E-state index in [1.54, 1.807) is 12.5 Å². The van der Waals surface area contributed by atoms with Crippen molar-refractivity contribution in [1.82, 2.24) is 9.97 Å². The molecule has 2 heterocycles. The van der Waals surface area contributed by atoms with E-state index in [2.05, 4.69) is 20.6 Å². The summed E-state index contributed by atoms with van der Waals surface area (Å²) in [7, 11) is 1.81. The van der Waals surface area contributed by atoms with E-state index in [1.807, 2.05) is 37.4 Å². The van der Waals surface area contributed by atoms with Crippen LogP contribution in [-0.4, -0.2) is 17.0 Å². The predicted molar refractivity (Wildman–Crippen MR) is 75.1 cm³/mol. The van der Waals surface area contributed by atoms with Crippen molar-refractivity contribution in [1.29, 1.82) is 0 Å². The van der Waals surface area contributed by atoms with Gasteiger partial charge in [0.05, 0.1) is 18.0 Å². The van der Waals surface area contributed by atoms with Crippen LogP contribution in [0.4, 0.5) is 11.8 Å². The van der Waals surface area contributed by atoms with Crippen molar-refractivity contribution in [2.45, 2.75) is 6.54 Å². The Morgan fingerprint density at radius 1 is 1.16 bits per heavy atom. The molecular weight excluding hydrogens is 240 g/mol. The average molecular weight is 254 g/mol. The lowest BCUT2D eigenvalue weighted by molar-refractivity contribution is 0.564. The summed E-state index contributed by atoms with van der Waals surface area (Å²) in [6.45, 7) is 0.667. The Morgan fingerprint density at radius 2 is 2.05 bits per heavy atom. The second kappa shape index (κ2) is 4.97. The molecule has 0 aliphatic rings. The van der Waals surface area contributed by atoms with Crippen molar-refractivity contribution < 1.29 is 4.42 Å². The summed E-state index contributed by atoms with van der Waals surface area (Å²) in [6.07, 6.45) is 3.38. The maximum atomic E-state index is 5.05. The van der Waals surface area contributed by atoms with Gasteiger partial charge in [0.1, 0.15) is 5.82 Å². The fraction of sp³-hybridized carbons (Fsp3) is 0.143. The van der Waals surface area contributed by atoms with Gasteiger partial charge in [-0.1, -0.05) is 12.1 Å². The molecule has 0 aliphatic carbocycles. The summed E-state index contributed by atoms with van der Waals surface area (Å²) in [5, 5.41) is 7.29. The quantitative estimate of drug-likeness (QED) is 0.749. The molecule has 0 saturated heterocycles. The van der Waals surface area contributed by atoms with Crippen molar-refractivity contribution in [3.63, 3.8) is 0 Å². The maximum absolute atomic E-state index is 5.05. The van der Waals surface area contributed by atoms with Gasteiger partial charge in [0.25, 0.3) is 0 Å². The fourth-order valence-electron chi connectivity index (χ4n) is 1.90. The Labute approximate surface area is 110 Å². The number of anilines is 2. The van der Waals surface area contributed by atoms with Gasteiger partial charge < -0.3 is 15.1 Å². The van der Waals surface area contributed by atoms with Gasteiger partial charge in [-0.25, -0.2) is 4.98 Å². The molecule has 3 rings (SSSR count). The van der Waals surface area contributed by atoms with Crippen LogP contribution in [0.3, 0.4) is 0 Å². The minimum Gasteiger partial charge on any atom is -0.472 e. The lowest BCUT2D eigenvalue weighted by Crippen LogP contribution is -2.05. The number of rotatable bonds is 4. The first kappa shape index (κ1) is 11.5. The number of hydrogen-bond donors (Lipinski definition) is 2. The SMILES string of the molecule is CNc1nc(NCc2ccoc2)c2ccccc2n1. The number of benzene rings is 1. The van der Waals surface area contributed by atoms with Gasteiger partial charge >= 0.3 is 0 Å². The van der Waals surface area contributed by atoms with E-state index < -0.39 is 0 Å². The van der Waals surface area contributed by atoms with Crippen LogP contribution in [0, 0.1) is 0 Å². The third-order valence-electron chi connectivity index (χ3n) is 2.87. The van der Waals surface area contributed by atoms with Crippen LogP contribution in [0.5, 0.6) is 0 Å². The molecule has 0 amide bonds. The van der Waals surface area contributed by atoms with Gasteiger partial charge in [0, 0.05) is 24.5 Å². The summed E-state index contributed by atoms with van der Waals surface area (Å²) < 4.78 is 5.05. The topological polar surface area (TPSA) is 63.0 Å². The molecular formula is C14H14N4O. The highest BCUT2D eigenvalue weighted by Gasteiger charge is 2.06. The summed E-state index contributed by atoms with van der Waals surface area (Å²) >= 11 is 0. The van der Waals surface area contributed by atoms with Crippen molar-refractivity contribution in [3.8, 4) is 0 Å². The first-order chi connectivity index (χ1) is 9.36. The van der Waals surface area contributed by atoms with E-state index in [0.717, 1.165) is 22.3 Å². The number of aromatic nitrogens is 2. The minimum atomic E-state index is 0.605. The lowest BCUT2D eigenvalue weighted by Gasteiger charge is -2.09. The maximum Gasteiger partial charge on any atom is 0.224 e. The zero-order chi connectivity index (χ0) is 13.1. The molecule has 5 nitrogen and oxygen atoms in total. The van der Waals surface area contributed by atoms with E-state index >= 15 is 0 Å². The van der Waals surface area contributed by atoms with Crippen LogP contribution in [0.15, 0.2) is 47.3 Å². The Hall–Kier alpha value is -2.56. The molecule has 0 radical (unpaired) electrons. The molecule has 0 spiro atoms. The third kappa shape index (κ3) is 2.35. The highest BCUT2D eigenvalue weighted by Crippen LogP contribution is 2.22. The Kier molecular flexibility index (Phi) is 3.02. The first-order valence-electron chi connectivity index (χ1n) is 6.06. The highest BCUT2D eigenvalue weighted by atomic mass is 16.3. The monoisotopic (exact) mass is 254 g/mol. The van der Waals surface area contributed by atoms with Gasteiger partial charge in [0.15, 0.2) is 0 Å². The molecule has 1 aromatic carbocycles. The molecule has 5 heteroatoms. The third-order valence-corrected chi connectivity index (χ3v) is 2.87. The standard InChI is InChI=1S/C14H14N4O/c1-15-14-17-12-5-3-2-4-11(12)13(18-14)16-8-10-6-7-19-9-10/h2-7,9H,8H2,1H3,(H2,15,16,17,18). The van der Waals surface area contributed by atoms with Gasteiger partial charge in [0.2, 0.25) is 5.95 Å². The number of nitrogens with zero attached hydrogens (tertiary/aromatic N) is 2. The number of para-hydroxylation sites is 1. The van der Waals surface area contributed by atoms with Crippen molar-refractivity contribution in [2.24, 2.45) is 0 Å². The fourth-order valence-corrected chi connectivity index (χ4v) is 1.90. The van der Waals surface area contributed by atoms with Crippen LogP contribution in [-0.2, 0) is 6.54 Å². The molecule has 19 heavy (non-hydrogen) atoms. The van der Waals surface area contributed by atoms with Gasteiger partial charge in [-0.2, -0.15) is 4.98 Å². The molecule has 0 fully saturated rings. The smallest absolute Gasteiger partial charge is 0.224 e. The first-order valence-corrected chi connectivity index (χ1v) is 6.06. The number of fused-ring (bicyclic) bond motifs is 1. The van der Waals surface area contributed by atoms with Gasteiger partial charge in [-0.15, -0.1) is 0 Å². The van der Waals surface area contributed by atoms with E-state index in [-0.39, 0.29) is 0 Å². The van der Waals surface area contributed by atoms with Crippen molar-refractivity contribution in [3.05, 3.63) is 48.4 Å². The number of nitrogens with one attached hydrogen (secondary N) is 2. The highest BCUT2D eigenvalue weighted by molar-refractivity contribution is 5.89. The van der Waals surface area contributed by atoms with Crippen molar-refractivity contribution in [2.75, 3.05) is 17.7 Å². The molecule has 0 aliphatic heterocycles. The molecule has 96 valence electrons. The van der Waals surface area contributed by atoms with Crippen LogP contribution in [0.1, 0.15) is 5.56 Å². The summed E-state index contributed by atoms with van der Waals surface area (Å²) in [6, 6.07) is 9.85. The molecule has 2 N–H and O–H groups in total. The lowest BCUT2D eigenvalue weighted by atomic mass is 10.2. The normalized spacial score (nSPS) is 10.6. The second-order valence-corrected chi connectivity index (χ2v) is 4.15. The molecule has 0 bridgehead atoms. The Balaban J connectivity index is 1.96. The molecule has 0 saturated carbocycles. The van der Waals surface area contributed by atoms with Crippen LogP contribution in [0.25, 0.3) is 10.9 Å². The van der Waals surface area contributed by atoms with Crippen LogP contribution >= 0.6 is 0 Å². The second-order valence-electron chi connectivity index (χ2n) is 4.15. The Morgan fingerprint density at radius 3 is 2.84 bits per heavy atom. The summed E-state index contributed by atoms with van der Waals surface area (Å²) in [5.74, 6) is 1.42. The average Bonchev–Trinajstić information content (AvgIpc) is 2.97. The van der Waals surface area contributed by atoms with Crippen LogP contribution < -0.4 is 10.6 Å². The summed E-state index contributed by atoms with van der Waals surface area (Å²) in [4.78, 5) is 8.87. The van der Waals surface area contributed by atoms with Crippen molar-refractivity contribution >= 4 is 22.7 Å². The molecule has 3 aromatic rings.